The standard InChI is InChI=1S/C12H20N5O3P/c1-3-18-12(19-4-2,20-8-21)5-17-7-16-9-10(13)14-6-15-11(9)17/h6-7H,3-5,8,21H2,1-2H3,(H2,13,14,15). The van der Waals surface area contributed by atoms with Gasteiger partial charge in [-0.15, -0.1) is 9.24 Å². The van der Waals surface area contributed by atoms with E-state index in [0.29, 0.717) is 36.5 Å². The molecule has 9 heteroatoms. The third-order valence-corrected chi connectivity index (χ3v) is 2.99. The predicted octanol–water partition coefficient (Wildman–Crippen LogP) is 0.984. The van der Waals surface area contributed by atoms with E-state index in [-0.39, 0.29) is 6.54 Å². The summed E-state index contributed by atoms with van der Waals surface area (Å²) in [7, 11) is 2.49. The Labute approximate surface area is 125 Å². The Hall–Kier alpha value is -1.34. The molecule has 2 heterocycles. The first-order chi connectivity index (χ1) is 10.2. The van der Waals surface area contributed by atoms with Gasteiger partial charge in [-0.1, -0.05) is 0 Å². The quantitative estimate of drug-likeness (QED) is 0.573. The maximum Gasteiger partial charge on any atom is 0.302 e. The van der Waals surface area contributed by atoms with Crippen molar-refractivity contribution in [1.82, 2.24) is 19.5 Å². The highest BCUT2D eigenvalue weighted by Crippen LogP contribution is 2.23. The van der Waals surface area contributed by atoms with Gasteiger partial charge >= 0.3 is 5.97 Å². The van der Waals surface area contributed by atoms with Crippen molar-refractivity contribution >= 4 is 26.2 Å². The maximum absolute atomic E-state index is 5.79. The van der Waals surface area contributed by atoms with E-state index in [1.807, 2.05) is 13.8 Å². The van der Waals surface area contributed by atoms with Crippen LogP contribution in [0, 0.1) is 0 Å². The number of imidazole rings is 1. The zero-order valence-electron chi connectivity index (χ0n) is 12.2. The van der Waals surface area contributed by atoms with E-state index in [1.54, 1.807) is 10.9 Å². The predicted molar refractivity (Wildman–Crippen MR) is 81.4 cm³/mol. The average Bonchev–Trinajstić information content (AvgIpc) is 2.84. The van der Waals surface area contributed by atoms with Crippen molar-refractivity contribution < 1.29 is 14.2 Å². The van der Waals surface area contributed by atoms with Crippen LogP contribution in [0.2, 0.25) is 0 Å². The number of fused-ring (bicyclic) bond motifs is 1. The number of hydrogen-bond donors (Lipinski definition) is 1. The van der Waals surface area contributed by atoms with Crippen LogP contribution in [-0.4, -0.2) is 45.1 Å². The Kier molecular flexibility index (Phi) is 5.41. The molecule has 0 spiro atoms. The Morgan fingerprint density at radius 1 is 1.19 bits per heavy atom. The Morgan fingerprint density at radius 3 is 2.52 bits per heavy atom. The topological polar surface area (TPSA) is 97.3 Å². The first kappa shape index (κ1) is 16.0. The van der Waals surface area contributed by atoms with E-state index in [1.165, 1.54) is 6.33 Å². The van der Waals surface area contributed by atoms with Crippen LogP contribution in [-0.2, 0) is 20.8 Å². The van der Waals surface area contributed by atoms with Gasteiger partial charge in [0.15, 0.2) is 11.5 Å². The first-order valence-corrected chi connectivity index (χ1v) is 7.50. The van der Waals surface area contributed by atoms with Crippen molar-refractivity contribution in [3.63, 3.8) is 0 Å². The van der Waals surface area contributed by atoms with Gasteiger partial charge < -0.3 is 24.5 Å². The second kappa shape index (κ2) is 7.09. The Morgan fingerprint density at radius 2 is 1.90 bits per heavy atom. The molecule has 2 rings (SSSR count). The average molecular weight is 313 g/mol. The number of anilines is 1. The third kappa shape index (κ3) is 3.47. The second-order valence-corrected chi connectivity index (χ2v) is 4.50. The molecular formula is C12H20N5O3P. The lowest BCUT2D eigenvalue weighted by Crippen LogP contribution is -2.43. The van der Waals surface area contributed by atoms with Gasteiger partial charge in [0, 0.05) is 13.2 Å². The van der Waals surface area contributed by atoms with E-state index >= 15 is 0 Å². The summed E-state index contributed by atoms with van der Waals surface area (Å²) in [5.74, 6) is -0.845. The lowest BCUT2D eigenvalue weighted by Gasteiger charge is -2.32. The molecule has 0 aromatic carbocycles. The van der Waals surface area contributed by atoms with E-state index in [2.05, 4.69) is 24.2 Å². The molecule has 0 radical (unpaired) electrons. The summed E-state index contributed by atoms with van der Waals surface area (Å²) in [5.41, 5.74) is 6.94. The van der Waals surface area contributed by atoms with Gasteiger partial charge in [-0.2, -0.15) is 0 Å². The van der Waals surface area contributed by atoms with Gasteiger partial charge in [0.1, 0.15) is 18.4 Å². The summed E-state index contributed by atoms with van der Waals surface area (Å²) in [4.78, 5) is 12.3. The van der Waals surface area contributed by atoms with E-state index in [9.17, 15) is 0 Å². The second-order valence-electron chi connectivity index (χ2n) is 4.16. The third-order valence-electron chi connectivity index (χ3n) is 2.83. The lowest BCUT2D eigenvalue weighted by atomic mass is 10.4. The normalized spacial score (nSPS) is 12.1. The largest absolute Gasteiger partial charge is 0.382 e. The van der Waals surface area contributed by atoms with Crippen LogP contribution in [0.5, 0.6) is 0 Å². The van der Waals surface area contributed by atoms with Gasteiger partial charge in [0.25, 0.3) is 0 Å². The molecule has 1 atom stereocenters. The summed E-state index contributed by atoms with van der Waals surface area (Å²) in [6.07, 6.45) is 3.40. The smallest absolute Gasteiger partial charge is 0.302 e. The zero-order chi connectivity index (χ0) is 15.3. The number of aromatic nitrogens is 4. The monoisotopic (exact) mass is 313 g/mol. The minimum Gasteiger partial charge on any atom is -0.382 e. The minimum atomic E-state index is -1.18. The number of nitrogens with two attached hydrogens (primary N) is 1. The first-order valence-electron chi connectivity index (χ1n) is 6.69. The van der Waals surface area contributed by atoms with Crippen LogP contribution in [0.3, 0.4) is 0 Å². The van der Waals surface area contributed by atoms with Gasteiger partial charge in [0.05, 0.1) is 12.7 Å². The molecule has 116 valence electrons. The molecule has 1 unspecified atom stereocenters. The van der Waals surface area contributed by atoms with Crippen LogP contribution in [0.1, 0.15) is 13.8 Å². The van der Waals surface area contributed by atoms with Crippen LogP contribution in [0.15, 0.2) is 12.7 Å². The molecule has 21 heavy (non-hydrogen) atoms. The fraction of sp³-hybridized carbons (Fsp3) is 0.583. The number of ether oxygens (including phenoxy) is 3. The van der Waals surface area contributed by atoms with Crippen molar-refractivity contribution in [2.24, 2.45) is 0 Å². The Bertz CT molecular complexity index is 574. The molecule has 8 nitrogen and oxygen atoms in total. The highest BCUT2D eigenvalue weighted by Gasteiger charge is 2.34. The van der Waals surface area contributed by atoms with Crippen molar-refractivity contribution in [1.29, 1.82) is 0 Å². The van der Waals surface area contributed by atoms with Crippen molar-refractivity contribution in [3.05, 3.63) is 12.7 Å². The molecule has 0 bridgehead atoms. The fourth-order valence-corrected chi connectivity index (χ4v) is 2.31. The molecule has 2 aromatic rings. The molecule has 0 fully saturated rings. The highest BCUT2D eigenvalue weighted by atomic mass is 31.0. The summed E-state index contributed by atoms with van der Waals surface area (Å²) >= 11 is 0. The van der Waals surface area contributed by atoms with E-state index in [4.69, 9.17) is 19.9 Å². The molecule has 0 saturated heterocycles. The van der Waals surface area contributed by atoms with Crippen LogP contribution in [0.25, 0.3) is 11.2 Å². The van der Waals surface area contributed by atoms with Crippen LogP contribution in [0.4, 0.5) is 5.82 Å². The summed E-state index contributed by atoms with van der Waals surface area (Å²) in [5, 5.41) is 0. The number of nitrogen functional groups attached to an aromatic ring is 1. The molecule has 2 aromatic heterocycles. The molecular weight excluding hydrogens is 293 g/mol. The molecule has 0 aliphatic carbocycles. The van der Waals surface area contributed by atoms with Gasteiger partial charge in [0.2, 0.25) is 0 Å². The number of hydrogen-bond acceptors (Lipinski definition) is 7. The lowest BCUT2D eigenvalue weighted by molar-refractivity contribution is -0.377. The van der Waals surface area contributed by atoms with Gasteiger partial charge in [-0.3, -0.25) is 0 Å². The van der Waals surface area contributed by atoms with Gasteiger partial charge in [-0.05, 0) is 13.8 Å². The van der Waals surface area contributed by atoms with E-state index < -0.39 is 5.97 Å². The Balaban J connectivity index is 2.35. The molecule has 0 saturated carbocycles. The molecule has 2 N–H and O–H groups in total. The highest BCUT2D eigenvalue weighted by molar-refractivity contribution is 7.16. The van der Waals surface area contributed by atoms with Gasteiger partial charge in [-0.25, -0.2) is 15.0 Å². The fourth-order valence-electron chi connectivity index (χ4n) is 2.05. The molecule has 0 aliphatic rings. The number of nitrogens with zero attached hydrogens (tertiary/aromatic N) is 4. The molecule has 0 amide bonds. The SMILES string of the molecule is CCOC(Cn1cnc2c(N)ncnc21)(OCC)OCP. The minimum absolute atomic E-state index is 0.288. The number of rotatable bonds is 8. The van der Waals surface area contributed by atoms with Crippen molar-refractivity contribution in [3.8, 4) is 0 Å². The summed E-state index contributed by atoms with van der Waals surface area (Å²) in [6.45, 7) is 4.96. The molecule has 0 aliphatic heterocycles. The van der Waals surface area contributed by atoms with Crippen LogP contribution < -0.4 is 5.73 Å². The van der Waals surface area contributed by atoms with Crippen LogP contribution >= 0.6 is 9.24 Å². The maximum atomic E-state index is 5.79. The zero-order valence-corrected chi connectivity index (χ0v) is 13.3. The summed E-state index contributed by atoms with van der Waals surface area (Å²) in [6, 6.07) is 0. The summed E-state index contributed by atoms with van der Waals surface area (Å²) < 4.78 is 18.8. The van der Waals surface area contributed by atoms with Crippen molar-refractivity contribution in [2.75, 3.05) is 25.3 Å². The van der Waals surface area contributed by atoms with Crippen molar-refractivity contribution in [2.45, 2.75) is 26.4 Å². The van der Waals surface area contributed by atoms with E-state index in [0.717, 1.165) is 0 Å².